The van der Waals surface area contributed by atoms with E-state index in [1.807, 2.05) is 30.3 Å². The summed E-state index contributed by atoms with van der Waals surface area (Å²) in [4.78, 5) is 28.1. The van der Waals surface area contributed by atoms with Crippen molar-refractivity contribution in [2.45, 2.75) is 0 Å². The minimum absolute atomic E-state index is 0.270. The fourth-order valence-electron chi connectivity index (χ4n) is 2.09. The standard InChI is InChI=1S/C14H13N5O2/c1-17-12-11(13(20)18(2)14(17)21)19(9-15-12)16-8-10-6-4-3-5-7-10/h3-9H,1-2H3/b16-8+. The lowest BCUT2D eigenvalue weighted by atomic mass is 10.2. The third kappa shape index (κ3) is 2.08. The first kappa shape index (κ1) is 13.0. The second-order valence-electron chi connectivity index (χ2n) is 4.62. The molecule has 0 amide bonds. The van der Waals surface area contributed by atoms with Crippen LogP contribution in [-0.4, -0.2) is 25.0 Å². The van der Waals surface area contributed by atoms with Crippen LogP contribution in [0.3, 0.4) is 0 Å². The highest BCUT2D eigenvalue weighted by Gasteiger charge is 2.13. The highest BCUT2D eigenvalue weighted by atomic mass is 16.2. The van der Waals surface area contributed by atoms with Gasteiger partial charge in [0.1, 0.15) is 6.33 Å². The molecule has 0 bridgehead atoms. The van der Waals surface area contributed by atoms with Gasteiger partial charge in [-0.25, -0.2) is 14.5 Å². The molecule has 0 radical (unpaired) electrons. The second kappa shape index (κ2) is 4.86. The van der Waals surface area contributed by atoms with E-state index in [1.165, 1.54) is 22.6 Å². The van der Waals surface area contributed by atoms with Gasteiger partial charge in [0.05, 0.1) is 6.21 Å². The minimum atomic E-state index is -0.421. The third-order valence-electron chi connectivity index (χ3n) is 3.26. The van der Waals surface area contributed by atoms with Crippen LogP contribution in [0.1, 0.15) is 5.56 Å². The molecule has 21 heavy (non-hydrogen) atoms. The van der Waals surface area contributed by atoms with Crippen LogP contribution in [0, 0.1) is 0 Å². The Bertz CT molecular complexity index is 947. The Kier molecular flexibility index (Phi) is 3.02. The van der Waals surface area contributed by atoms with Crippen LogP contribution in [-0.2, 0) is 14.1 Å². The molecule has 0 saturated carbocycles. The summed E-state index contributed by atoms with van der Waals surface area (Å²) in [5, 5.41) is 4.24. The molecule has 3 rings (SSSR count). The van der Waals surface area contributed by atoms with Crippen molar-refractivity contribution in [1.82, 2.24) is 18.8 Å². The molecule has 0 atom stereocenters. The fraction of sp³-hybridized carbons (Fsp3) is 0.143. The number of hydrogen-bond acceptors (Lipinski definition) is 4. The first-order chi connectivity index (χ1) is 10.1. The smallest absolute Gasteiger partial charge is 0.279 e. The molecule has 0 aliphatic carbocycles. The summed E-state index contributed by atoms with van der Waals surface area (Å²) in [5.41, 5.74) is 0.654. The maximum atomic E-state index is 12.2. The highest BCUT2D eigenvalue weighted by Crippen LogP contribution is 2.05. The molecule has 106 valence electrons. The summed E-state index contributed by atoms with van der Waals surface area (Å²) in [5.74, 6) is 0. The Morgan fingerprint density at radius 2 is 1.81 bits per heavy atom. The lowest BCUT2D eigenvalue weighted by Gasteiger charge is -2.03. The number of imidazole rings is 1. The number of hydrogen-bond donors (Lipinski definition) is 0. The predicted molar refractivity (Wildman–Crippen MR) is 79.6 cm³/mol. The quantitative estimate of drug-likeness (QED) is 0.636. The average molecular weight is 283 g/mol. The van der Waals surface area contributed by atoms with Gasteiger partial charge in [-0.1, -0.05) is 30.3 Å². The summed E-state index contributed by atoms with van der Waals surface area (Å²) >= 11 is 0. The zero-order valence-corrected chi connectivity index (χ0v) is 11.6. The van der Waals surface area contributed by atoms with Crippen molar-refractivity contribution >= 4 is 17.4 Å². The molecule has 0 unspecified atom stereocenters. The van der Waals surface area contributed by atoms with Crippen LogP contribution in [0.25, 0.3) is 11.2 Å². The van der Waals surface area contributed by atoms with Crippen molar-refractivity contribution in [3.63, 3.8) is 0 Å². The minimum Gasteiger partial charge on any atom is -0.279 e. The zero-order valence-electron chi connectivity index (χ0n) is 11.6. The topological polar surface area (TPSA) is 74.2 Å². The van der Waals surface area contributed by atoms with E-state index >= 15 is 0 Å². The molecule has 0 aliphatic rings. The van der Waals surface area contributed by atoms with Crippen molar-refractivity contribution in [3.05, 3.63) is 63.1 Å². The Balaban J connectivity index is 2.20. The number of aryl methyl sites for hydroxylation is 1. The molecule has 0 saturated heterocycles. The Morgan fingerprint density at radius 3 is 2.52 bits per heavy atom. The van der Waals surface area contributed by atoms with Crippen LogP contribution in [0.15, 0.2) is 51.3 Å². The van der Waals surface area contributed by atoms with Gasteiger partial charge in [-0.05, 0) is 5.56 Å². The largest absolute Gasteiger partial charge is 0.332 e. The summed E-state index contributed by atoms with van der Waals surface area (Å²) in [6.45, 7) is 0. The van der Waals surface area contributed by atoms with Gasteiger partial charge in [-0.15, -0.1) is 0 Å². The van der Waals surface area contributed by atoms with E-state index in [0.717, 1.165) is 10.1 Å². The van der Waals surface area contributed by atoms with Crippen molar-refractivity contribution in [2.75, 3.05) is 0 Å². The average Bonchev–Trinajstić information content (AvgIpc) is 2.94. The Morgan fingerprint density at radius 1 is 1.10 bits per heavy atom. The lowest BCUT2D eigenvalue weighted by molar-refractivity contribution is 0.705. The number of nitrogens with zero attached hydrogens (tertiary/aromatic N) is 5. The fourth-order valence-corrected chi connectivity index (χ4v) is 2.09. The Labute approximate surface area is 119 Å². The normalized spacial score (nSPS) is 11.5. The maximum Gasteiger partial charge on any atom is 0.332 e. The van der Waals surface area contributed by atoms with Crippen molar-refractivity contribution in [2.24, 2.45) is 19.2 Å². The van der Waals surface area contributed by atoms with Gasteiger partial charge >= 0.3 is 5.69 Å². The molecule has 3 aromatic rings. The summed E-state index contributed by atoms with van der Waals surface area (Å²) in [7, 11) is 3.00. The van der Waals surface area contributed by atoms with Gasteiger partial charge in [0.25, 0.3) is 5.56 Å². The van der Waals surface area contributed by atoms with Crippen LogP contribution >= 0.6 is 0 Å². The van der Waals surface area contributed by atoms with Gasteiger partial charge in [0, 0.05) is 14.1 Å². The molecule has 0 N–H and O–H groups in total. The first-order valence-electron chi connectivity index (χ1n) is 6.32. The van der Waals surface area contributed by atoms with E-state index in [2.05, 4.69) is 10.1 Å². The molecule has 2 aromatic heterocycles. The van der Waals surface area contributed by atoms with Crippen LogP contribution in [0.5, 0.6) is 0 Å². The molecular weight excluding hydrogens is 270 g/mol. The number of rotatable bonds is 2. The van der Waals surface area contributed by atoms with Gasteiger partial charge < -0.3 is 0 Å². The monoisotopic (exact) mass is 283 g/mol. The Hall–Kier alpha value is -2.96. The van der Waals surface area contributed by atoms with E-state index in [9.17, 15) is 9.59 Å². The summed E-state index contributed by atoms with van der Waals surface area (Å²) in [6, 6.07) is 9.51. The van der Waals surface area contributed by atoms with E-state index in [4.69, 9.17) is 0 Å². The molecule has 1 aromatic carbocycles. The number of aromatic nitrogens is 4. The van der Waals surface area contributed by atoms with Crippen LogP contribution in [0.2, 0.25) is 0 Å². The van der Waals surface area contributed by atoms with Gasteiger partial charge in [0.2, 0.25) is 0 Å². The van der Waals surface area contributed by atoms with E-state index in [1.54, 1.807) is 13.3 Å². The van der Waals surface area contributed by atoms with E-state index in [0.29, 0.717) is 5.65 Å². The molecule has 0 aliphatic heterocycles. The number of benzene rings is 1. The van der Waals surface area contributed by atoms with Gasteiger partial charge in [-0.3, -0.25) is 13.9 Å². The molecule has 2 heterocycles. The molecule has 7 nitrogen and oxygen atoms in total. The highest BCUT2D eigenvalue weighted by molar-refractivity contribution is 5.80. The molecule has 7 heteroatoms. The van der Waals surface area contributed by atoms with Crippen LogP contribution < -0.4 is 11.2 Å². The van der Waals surface area contributed by atoms with Crippen LogP contribution in [0.4, 0.5) is 0 Å². The van der Waals surface area contributed by atoms with Crippen molar-refractivity contribution < 1.29 is 0 Å². The maximum absolute atomic E-state index is 12.2. The zero-order chi connectivity index (χ0) is 15.0. The summed E-state index contributed by atoms with van der Waals surface area (Å²) in [6.07, 6.45) is 3.05. The third-order valence-corrected chi connectivity index (χ3v) is 3.26. The van der Waals surface area contributed by atoms with Crippen molar-refractivity contribution in [3.8, 4) is 0 Å². The van der Waals surface area contributed by atoms with E-state index in [-0.39, 0.29) is 5.52 Å². The second-order valence-corrected chi connectivity index (χ2v) is 4.62. The SMILES string of the molecule is Cn1c(=O)c2c(ncn2/N=C/c2ccccc2)n(C)c1=O. The molecule has 0 fully saturated rings. The predicted octanol–water partition coefficient (Wildman–Crippen LogP) is 0.316. The number of fused-ring (bicyclic) bond motifs is 1. The van der Waals surface area contributed by atoms with Gasteiger partial charge in [-0.2, -0.15) is 5.10 Å². The van der Waals surface area contributed by atoms with E-state index < -0.39 is 11.2 Å². The lowest BCUT2D eigenvalue weighted by Crippen LogP contribution is -2.37. The molecule has 0 spiro atoms. The summed E-state index contributed by atoms with van der Waals surface area (Å²) < 4.78 is 3.74. The molecular formula is C14H13N5O2. The van der Waals surface area contributed by atoms with Crippen molar-refractivity contribution in [1.29, 1.82) is 0 Å². The van der Waals surface area contributed by atoms with Gasteiger partial charge in [0.15, 0.2) is 11.2 Å². The first-order valence-corrected chi connectivity index (χ1v) is 6.32.